The van der Waals surface area contributed by atoms with Crippen molar-refractivity contribution < 1.29 is 4.79 Å². The average molecular weight is 302 g/mol. The number of thiol groups is 1. The largest absolute Gasteiger partial charge is 0.356 e. The summed E-state index contributed by atoms with van der Waals surface area (Å²) in [6.07, 6.45) is 1.35. The summed E-state index contributed by atoms with van der Waals surface area (Å²) < 4.78 is 1.08. The molecule has 1 aromatic carbocycles. The van der Waals surface area contributed by atoms with Gasteiger partial charge in [-0.25, -0.2) is 0 Å². The number of carbonyl (C=O) groups excluding carboxylic acids is 1. The van der Waals surface area contributed by atoms with Crippen LogP contribution in [0.5, 0.6) is 0 Å². The molecule has 0 saturated heterocycles. The fourth-order valence-corrected chi connectivity index (χ4v) is 2.05. The molecule has 1 rings (SSSR count). The number of halogens is 1. The van der Waals surface area contributed by atoms with E-state index in [1.807, 2.05) is 6.07 Å². The van der Waals surface area contributed by atoms with E-state index in [9.17, 15) is 4.79 Å². The number of aryl methyl sites for hydroxylation is 1. The highest BCUT2D eigenvalue weighted by Crippen LogP contribution is 2.16. The van der Waals surface area contributed by atoms with Crippen molar-refractivity contribution in [2.75, 3.05) is 12.3 Å². The van der Waals surface area contributed by atoms with Crippen LogP contribution in [0.3, 0.4) is 0 Å². The number of rotatable bonds is 5. The van der Waals surface area contributed by atoms with Crippen molar-refractivity contribution in [2.45, 2.75) is 19.8 Å². The molecule has 16 heavy (non-hydrogen) atoms. The van der Waals surface area contributed by atoms with Crippen molar-refractivity contribution in [1.29, 1.82) is 0 Å². The molecule has 1 aromatic rings. The van der Waals surface area contributed by atoms with Gasteiger partial charge < -0.3 is 5.32 Å². The van der Waals surface area contributed by atoms with Gasteiger partial charge in [0.2, 0.25) is 5.91 Å². The van der Waals surface area contributed by atoms with Gasteiger partial charge in [-0.1, -0.05) is 22.0 Å². The SMILES string of the molecule is Cc1ccc(Br)cc1CCNC(=O)CCS. The normalized spacial score (nSPS) is 10.2. The van der Waals surface area contributed by atoms with Crippen LogP contribution >= 0.6 is 28.6 Å². The Hall–Kier alpha value is -0.480. The highest BCUT2D eigenvalue weighted by Gasteiger charge is 2.01. The lowest BCUT2D eigenvalue weighted by Crippen LogP contribution is -2.25. The molecule has 1 amide bonds. The van der Waals surface area contributed by atoms with Gasteiger partial charge in [0.15, 0.2) is 0 Å². The van der Waals surface area contributed by atoms with Gasteiger partial charge in [0.05, 0.1) is 0 Å². The van der Waals surface area contributed by atoms with Gasteiger partial charge in [-0.05, 0) is 42.4 Å². The first kappa shape index (κ1) is 13.6. The Morgan fingerprint density at radius 2 is 2.25 bits per heavy atom. The summed E-state index contributed by atoms with van der Waals surface area (Å²) >= 11 is 7.46. The molecule has 0 saturated carbocycles. The van der Waals surface area contributed by atoms with Crippen LogP contribution in [0.1, 0.15) is 17.5 Å². The second-order valence-electron chi connectivity index (χ2n) is 3.64. The molecule has 0 bridgehead atoms. The second kappa shape index (κ2) is 6.97. The van der Waals surface area contributed by atoms with E-state index < -0.39 is 0 Å². The van der Waals surface area contributed by atoms with Crippen molar-refractivity contribution in [2.24, 2.45) is 0 Å². The quantitative estimate of drug-likeness (QED) is 0.805. The standard InChI is InChI=1S/C12H16BrNOS/c1-9-2-3-11(13)8-10(9)4-6-14-12(15)5-7-16/h2-3,8,16H,4-7H2,1H3,(H,14,15). The first-order valence-corrected chi connectivity index (χ1v) is 6.68. The number of amides is 1. The van der Waals surface area contributed by atoms with Gasteiger partial charge in [-0.2, -0.15) is 12.6 Å². The molecule has 0 fully saturated rings. The lowest BCUT2D eigenvalue weighted by atomic mass is 10.1. The Kier molecular flexibility index (Phi) is 5.91. The Labute approximate surface area is 110 Å². The summed E-state index contributed by atoms with van der Waals surface area (Å²) in [4.78, 5) is 11.2. The Bertz CT molecular complexity index is 368. The molecular formula is C12H16BrNOS. The van der Waals surface area contributed by atoms with Crippen LogP contribution < -0.4 is 5.32 Å². The van der Waals surface area contributed by atoms with Gasteiger partial charge in [-0.15, -0.1) is 0 Å². The van der Waals surface area contributed by atoms with Crippen molar-refractivity contribution in [3.05, 3.63) is 33.8 Å². The molecule has 0 radical (unpaired) electrons. The van der Waals surface area contributed by atoms with Gasteiger partial charge in [0.1, 0.15) is 0 Å². The predicted octanol–water partition coefficient (Wildman–Crippen LogP) is 2.74. The number of carbonyl (C=O) groups is 1. The molecule has 0 aliphatic carbocycles. The minimum atomic E-state index is 0.0719. The van der Waals surface area contributed by atoms with Crippen molar-refractivity contribution >= 4 is 34.5 Å². The van der Waals surface area contributed by atoms with E-state index in [0.29, 0.717) is 18.7 Å². The van der Waals surface area contributed by atoms with Crippen LogP contribution in [0.25, 0.3) is 0 Å². The molecule has 88 valence electrons. The molecule has 4 heteroatoms. The third-order valence-electron chi connectivity index (χ3n) is 2.37. The second-order valence-corrected chi connectivity index (χ2v) is 5.01. The lowest BCUT2D eigenvalue weighted by Gasteiger charge is -2.07. The predicted molar refractivity (Wildman–Crippen MR) is 74.1 cm³/mol. The maximum Gasteiger partial charge on any atom is 0.220 e. The fourth-order valence-electron chi connectivity index (χ4n) is 1.44. The Morgan fingerprint density at radius 3 is 2.94 bits per heavy atom. The van der Waals surface area contributed by atoms with Gasteiger partial charge in [-0.3, -0.25) is 4.79 Å². The van der Waals surface area contributed by atoms with E-state index in [-0.39, 0.29) is 5.91 Å². The van der Waals surface area contributed by atoms with Crippen LogP contribution in [0.15, 0.2) is 22.7 Å². The molecule has 1 N–H and O–H groups in total. The highest BCUT2D eigenvalue weighted by molar-refractivity contribution is 9.10. The zero-order chi connectivity index (χ0) is 12.0. The van der Waals surface area contributed by atoms with Gasteiger partial charge >= 0.3 is 0 Å². The van der Waals surface area contributed by atoms with Crippen molar-refractivity contribution in [3.8, 4) is 0 Å². The van der Waals surface area contributed by atoms with Crippen LogP contribution in [0.2, 0.25) is 0 Å². The maximum absolute atomic E-state index is 11.2. The smallest absolute Gasteiger partial charge is 0.220 e. The Balaban J connectivity index is 2.42. The van der Waals surface area contributed by atoms with E-state index in [4.69, 9.17) is 0 Å². The first-order valence-electron chi connectivity index (χ1n) is 5.26. The summed E-state index contributed by atoms with van der Waals surface area (Å²) in [6, 6.07) is 6.20. The van der Waals surface area contributed by atoms with E-state index in [1.54, 1.807) is 0 Å². The molecule has 0 heterocycles. The summed E-state index contributed by atoms with van der Waals surface area (Å²) in [6.45, 7) is 2.77. The summed E-state index contributed by atoms with van der Waals surface area (Å²) in [5.74, 6) is 0.671. The zero-order valence-corrected chi connectivity index (χ0v) is 11.8. The zero-order valence-electron chi connectivity index (χ0n) is 9.29. The van der Waals surface area contributed by atoms with E-state index >= 15 is 0 Å². The minimum absolute atomic E-state index is 0.0719. The van der Waals surface area contributed by atoms with E-state index in [2.05, 4.69) is 52.9 Å². The summed E-state index contributed by atoms with van der Waals surface area (Å²) in [5, 5.41) is 2.88. The first-order chi connectivity index (χ1) is 7.63. The van der Waals surface area contributed by atoms with E-state index in [1.165, 1.54) is 11.1 Å². The average Bonchev–Trinajstić information content (AvgIpc) is 2.23. The number of hydrogen-bond acceptors (Lipinski definition) is 2. The lowest BCUT2D eigenvalue weighted by molar-refractivity contribution is -0.120. The van der Waals surface area contributed by atoms with Crippen LogP contribution in [0.4, 0.5) is 0 Å². The summed E-state index contributed by atoms with van der Waals surface area (Å²) in [7, 11) is 0. The maximum atomic E-state index is 11.2. The minimum Gasteiger partial charge on any atom is -0.356 e. The summed E-state index contributed by atoms with van der Waals surface area (Å²) in [5.41, 5.74) is 2.52. The fraction of sp³-hybridized carbons (Fsp3) is 0.417. The molecule has 0 spiro atoms. The molecule has 0 aromatic heterocycles. The van der Waals surface area contributed by atoms with Crippen LogP contribution in [-0.2, 0) is 11.2 Å². The number of nitrogens with one attached hydrogen (secondary N) is 1. The van der Waals surface area contributed by atoms with E-state index in [0.717, 1.165) is 10.9 Å². The monoisotopic (exact) mass is 301 g/mol. The molecule has 0 atom stereocenters. The molecule has 0 aliphatic rings. The molecule has 2 nitrogen and oxygen atoms in total. The molecule has 0 unspecified atom stereocenters. The molecule has 0 aliphatic heterocycles. The highest BCUT2D eigenvalue weighted by atomic mass is 79.9. The Morgan fingerprint density at radius 1 is 1.50 bits per heavy atom. The van der Waals surface area contributed by atoms with Crippen LogP contribution in [0, 0.1) is 6.92 Å². The van der Waals surface area contributed by atoms with Crippen molar-refractivity contribution in [1.82, 2.24) is 5.32 Å². The topological polar surface area (TPSA) is 29.1 Å². The van der Waals surface area contributed by atoms with Gasteiger partial charge in [0.25, 0.3) is 0 Å². The molecular weight excluding hydrogens is 286 g/mol. The number of benzene rings is 1. The van der Waals surface area contributed by atoms with Crippen LogP contribution in [-0.4, -0.2) is 18.2 Å². The van der Waals surface area contributed by atoms with Gasteiger partial charge in [0, 0.05) is 17.4 Å². The third-order valence-corrected chi connectivity index (χ3v) is 3.08. The number of hydrogen-bond donors (Lipinski definition) is 2. The van der Waals surface area contributed by atoms with Crippen molar-refractivity contribution in [3.63, 3.8) is 0 Å². The third kappa shape index (κ3) is 4.58.